The summed E-state index contributed by atoms with van der Waals surface area (Å²) in [6.07, 6.45) is 0. The van der Waals surface area contributed by atoms with Gasteiger partial charge in [-0.05, 0) is 37.3 Å². The second-order valence-corrected chi connectivity index (χ2v) is 9.10. The molecule has 3 aromatic rings. The molecule has 1 saturated heterocycles. The highest BCUT2D eigenvalue weighted by atomic mass is 32.1. The number of hydrogen-bond donors (Lipinski definition) is 0. The number of nitrogens with zero attached hydrogens (tertiary/aromatic N) is 4. The molecule has 3 heterocycles. The van der Waals surface area contributed by atoms with E-state index in [1.165, 1.54) is 22.5 Å². The summed E-state index contributed by atoms with van der Waals surface area (Å²) in [7, 11) is 0. The molecule has 1 fully saturated rings. The van der Waals surface area contributed by atoms with E-state index in [2.05, 4.69) is 50.8 Å². The molecular formula is C24H28N4OS. The van der Waals surface area contributed by atoms with Crippen LogP contribution in [0.3, 0.4) is 0 Å². The van der Waals surface area contributed by atoms with Gasteiger partial charge >= 0.3 is 0 Å². The number of aromatic nitrogens is 2. The first-order valence-electron chi connectivity index (χ1n) is 10.5. The lowest BCUT2D eigenvalue weighted by molar-refractivity contribution is 0.0751. The van der Waals surface area contributed by atoms with Crippen LogP contribution in [0, 0.1) is 13.8 Å². The molecule has 30 heavy (non-hydrogen) atoms. The molecule has 0 aliphatic carbocycles. The zero-order valence-corrected chi connectivity index (χ0v) is 18.9. The van der Waals surface area contributed by atoms with E-state index in [9.17, 15) is 4.79 Å². The van der Waals surface area contributed by atoms with Gasteiger partial charge in [0, 0.05) is 43.0 Å². The molecule has 5 nitrogen and oxygen atoms in total. The van der Waals surface area contributed by atoms with Crippen molar-refractivity contribution in [1.82, 2.24) is 14.9 Å². The minimum atomic E-state index is 0.132. The predicted molar refractivity (Wildman–Crippen MR) is 123 cm³/mol. The normalized spacial score (nSPS) is 14.4. The zero-order chi connectivity index (χ0) is 21.3. The molecular weight excluding hydrogens is 392 g/mol. The smallest absolute Gasteiger partial charge is 0.264 e. The van der Waals surface area contributed by atoms with E-state index in [4.69, 9.17) is 9.97 Å². The maximum atomic E-state index is 12.7. The van der Waals surface area contributed by atoms with Crippen LogP contribution in [0.5, 0.6) is 0 Å². The summed E-state index contributed by atoms with van der Waals surface area (Å²) < 4.78 is 0. The van der Waals surface area contributed by atoms with Gasteiger partial charge in [-0.25, -0.2) is 9.97 Å². The van der Waals surface area contributed by atoms with Gasteiger partial charge in [-0.2, -0.15) is 0 Å². The summed E-state index contributed by atoms with van der Waals surface area (Å²) in [6.45, 7) is 11.5. The third-order valence-electron chi connectivity index (χ3n) is 5.57. The van der Waals surface area contributed by atoms with Crippen molar-refractivity contribution in [2.75, 3.05) is 31.1 Å². The Balaban J connectivity index is 1.62. The molecule has 1 aromatic carbocycles. The molecule has 1 amide bonds. The summed E-state index contributed by atoms with van der Waals surface area (Å²) >= 11 is 1.51. The molecule has 0 spiro atoms. The minimum absolute atomic E-state index is 0.132. The van der Waals surface area contributed by atoms with Crippen molar-refractivity contribution in [3.8, 4) is 11.4 Å². The van der Waals surface area contributed by atoms with E-state index in [-0.39, 0.29) is 5.91 Å². The van der Waals surface area contributed by atoms with Crippen molar-refractivity contribution in [3.63, 3.8) is 0 Å². The molecule has 0 saturated carbocycles. The van der Waals surface area contributed by atoms with E-state index in [1.807, 2.05) is 28.5 Å². The molecule has 0 N–H and O–H groups in total. The van der Waals surface area contributed by atoms with Gasteiger partial charge in [0.15, 0.2) is 5.82 Å². The van der Waals surface area contributed by atoms with E-state index < -0.39 is 0 Å². The number of aryl methyl sites for hydroxylation is 2. The first-order chi connectivity index (χ1) is 14.4. The number of carbonyl (C=O) groups is 1. The predicted octanol–water partition coefficient (Wildman–Crippen LogP) is 4.91. The number of benzene rings is 1. The summed E-state index contributed by atoms with van der Waals surface area (Å²) in [5.41, 5.74) is 4.47. The van der Waals surface area contributed by atoms with Gasteiger partial charge in [0.1, 0.15) is 5.82 Å². The van der Waals surface area contributed by atoms with Crippen LogP contribution in [0.1, 0.15) is 46.3 Å². The second kappa shape index (κ2) is 8.56. The van der Waals surface area contributed by atoms with Crippen LogP contribution < -0.4 is 4.90 Å². The number of carbonyl (C=O) groups excluding carboxylic acids is 1. The van der Waals surface area contributed by atoms with Crippen molar-refractivity contribution >= 4 is 23.1 Å². The van der Waals surface area contributed by atoms with Crippen LogP contribution in [0.4, 0.5) is 5.82 Å². The first kappa shape index (κ1) is 20.5. The van der Waals surface area contributed by atoms with Crippen molar-refractivity contribution < 1.29 is 4.79 Å². The molecule has 0 bridgehead atoms. The van der Waals surface area contributed by atoms with Gasteiger partial charge < -0.3 is 9.80 Å². The highest BCUT2D eigenvalue weighted by molar-refractivity contribution is 7.12. The number of anilines is 1. The lowest BCUT2D eigenvalue weighted by Crippen LogP contribution is -2.49. The van der Waals surface area contributed by atoms with Crippen LogP contribution in [0.15, 0.2) is 41.8 Å². The largest absolute Gasteiger partial charge is 0.353 e. The molecule has 6 heteroatoms. The average molecular weight is 421 g/mol. The quantitative estimate of drug-likeness (QED) is 0.602. The van der Waals surface area contributed by atoms with E-state index in [0.717, 1.165) is 40.9 Å². The molecule has 2 aromatic heterocycles. The minimum Gasteiger partial charge on any atom is -0.353 e. The molecule has 1 aliphatic rings. The van der Waals surface area contributed by atoms with Gasteiger partial charge in [-0.3, -0.25) is 4.79 Å². The van der Waals surface area contributed by atoms with Gasteiger partial charge in [0.2, 0.25) is 0 Å². The average Bonchev–Trinajstić information content (AvgIpc) is 3.27. The van der Waals surface area contributed by atoms with E-state index in [1.54, 1.807) is 0 Å². The molecule has 0 unspecified atom stereocenters. The number of thiophene rings is 1. The van der Waals surface area contributed by atoms with Crippen LogP contribution in [0.25, 0.3) is 11.4 Å². The number of amides is 1. The standard InChI is InChI=1S/C24H28N4OS/c1-16(2)21-18(4)25-22(19-8-5-7-17(3)15-19)26-23(21)27-10-12-28(13-11-27)24(29)20-9-6-14-30-20/h5-9,14-16H,10-13H2,1-4H3. The molecule has 0 radical (unpaired) electrons. The topological polar surface area (TPSA) is 49.3 Å². The molecule has 0 atom stereocenters. The third-order valence-corrected chi connectivity index (χ3v) is 6.43. The van der Waals surface area contributed by atoms with Gasteiger partial charge in [-0.15, -0.1) is 11.3 Å². The summed E-state index contributed by atoms with van der Waals surface area (Å²) in [6, 6.07) is 12.2. The van der Waals surface area contributed by atoms with Crippen LogP contribution in [-0.4, -0.2) is 47.0 Å². The zero-order valence-electron chi connectivity index (χ0n) is 18.1. The SMILES string of the molecule is Cc1cccc(-c2nc(C)c(C(C)C)c(N3CCN(C(=O)c4cccs4)CC3)n2)c1. The fourth-order valence-electron chi connectivity index (χ4n) is 4.07. The van der Waals surface area contributed by atoms with Crippen LogP contribution in [-0.2, 0) is 0 Å². The molecule has 4 rings (SSSR count). The molecule has 156 valence electrons. The third kappa shape index (κ3) is 4.10. The molecule has 1 aliphatic heterocycles. The maximum Gasteiger partial charge on any atom is 0.264 e. The Morgan fingerprint density at radius 3 is 2.43 bits per heavy atom. The highest BCUT2D eigenvalue weighted by Crippen LogP contribution is 2.31. The van der Waals surface area contributed by atoms with E-state index in [0.29, 0.717) is 19.0 Å². The van der Waals surface area contributed by atoms with Crippen molar-refractivity contribution in [3.05, 3.63) is 63.5 Å². The van der Waals surface area contributed by atoms with Crippen LogP contribution >= 0.6 is 11.3 Å². The summed E-state index contributed by atoms with van der Waals surface area (Å²) in [4.78, 5) is 27.6. The number of piperazine rings is 1. The Hall–Kier alpha value is -2.73. The van der Waals surface area contributed by atoms with E-state index >= 15 is 0 Å². The maximum absolute atomic E-state index is 12.7. The Bertz CT molecular complexity index is 1040. The second-order valence-electron chi connectivity index (χ2n) is 8.15. The van der Waals surface area contributed by atoms with Crippen LogP contribution in [0.2, 0.25) is 0 Å². The Morgan fingerprint density at radius 1 is 1.03 bits per heavy atom. The number of rotatable bonds is 4. The monoisotopic (exact) mass is 420 g/mol. The van der Waals surface area contributed by atoms with Gasteiger partial charge in [0.05, 0.1) is 4.88 Å². The number of hydrogen-bond acceptors (Lipinski definition) is 5. The Kier molecular flexibility index (Phi) is 5.86. The van der Waals surface area contributed by atoms with Gasteiger partial charge in [-0.1, -0.05) is 43.7 Å². The summed E-state index contributed by atoms with van der Waals surface area (Å²) in [5.74, 6) is 2.25. The Labute approximate surface area is 182 Å². The fraction of sp³-hybridized carbons (Fsp3) is 0.375. The summed E-state index contributed by atoms with van der Waals surface area (Å²) in [5, 5.41) is 1.95. The Morgan fingerprint density at radius 2 is 1.80 bits per heavy atom. The van der Waals surface area contributed by atoms with Crippen molar-refractivity contribution in [1.29, 1.82) is 0 Å². The van der Waals surface area contributed by atoms with Gasteiger partial charge in [0.25, 0.3) is 5.91 Å². The lowest BCUT2D eigenvalue weighted by atomic mass is 10.0. The lowest BCUT2D eigenvalue weighted by Gasteiger charge is -2.36. The van der Waals surface area contributed by atoms with Crippen molar-refractivity contribution in [2.24, 2.45) is 0 Å². The first-order valence-corrected chi connectivity index (χ1v) is 11.4. The highest BCUT2D eigenvalue weighted by Gasteiger charge is 2.27. The fourth-order valence-corrected chi connectivity index (χ4v) is 4.76. The van der Waals surface area contributed by atoms with Crippen molar-refractivity contribution in [2.45, 2.75) is 33.6 Å².